The predicted molar refractivity (Wildman–Crippen MR) is 44.2 cm³/mol. The molecule has 4 fully saturated rings. The summed E-state index contributed by atoms with van der Waals surface area (Å²) in [5, 5.41) is 0. The molecular weight excluding hydrogens is 132 g/mol. The van der Waals surface area contributed by atoms with Gasteiger partial charge in [-0.25, -0.2) is 0 Å². The molecule has 1 spiro atoms. The average Bonchev–Trinajstić information content (AvgIpc) is 2.89. The lowest BCUT2D eigenvalue weighted by atomic mass is 9.65. The minimum Gasteiger partial charge on any atom is -0.0527 e. The number of fused-ring (bicyclic) bond motifs is 1. The van der Waals surface area contributed by atoms with Crippen LogP contribution in [0.2, 0.25) is 0 Å². The van der Waals surface area contributed by atoms with Gasteiger partial charge < -0.3 is 0 Å². The van der Waals surface area contributed by atoms with E-state index >= 15 is 0 Å². The molecule has 0 aromatic carbocycles. The Hall–Kier alpha value is 0. The maximum atomic E-state index is 1.63. The molecule has 0 nitrogen and oxygen atoms in total. The Morgan fingerprint density at radius 1 is 0.909 bits per heavy atom. The highest BCUT2D eigenvalue weighted by Gasteiger charge is 2.93. The van der Waals surface area contributed by atoms with E-state index < -0.39 is 0 Å². The Morgan fingerprint density at radius 3 is 2.64 bits per heavy atom. The van der Waals surface area contributed by atoms with Gasteiger partial charge in [-0.3, -0.25) is 0 Å². The van der Waals surface area contributed by atoms with Gasteiger partial charge in [0.05, 0.1) is 0 Å². The first kappa shape index (κ1) is 5.61. The molecule has 4 saturated carbocycles. The largest absolute Gasteiger partial charge is 0.0527 e. The van der Waals surface area contributed by atoms with Crippen LogP contribution in [0.25, 0.3) is 0 Å². The van der Waals surface area contributed by atoms with E-state index in [4.69, 9.17) is 0 Å². The molecule has 4 aliphatic rings. The monoisotopic (exact) mass is 148 g/mol. The first-order chi connectivity index (χ1) is 5.42. The van der Waals surface area contributed by atoms with Gasteiger partial charge in [0.2, 0.25) is 0 Å². The number of hydrogen-bond acceptors (Lipinski definition) is 0. The van der Waals surface area contributed by atoms with E-state index in [1.165, 1.54) is 11.8 Å². The topological polar surface area (TPSA) is 0 Å². The highest BCUT2D eigenvalue weighted by Crippen LogP contribution is 2.99. The normalized spacial score (nSPS) is 69.8. The summed E-state index contributed by atoms with van der Waals surface area (Å²) in [5.41, 5.74) is 1.98. The van der Waals surface area contributed by atoms with Gasteiger partial charge in [-0.05, 0) is 48.3 Å². The van der Waals surface area contributed by atoms with Crippen molar-refractivity contribution in [3.8, 4) is 0 Å². The second kappa shape index (κ2) is 1.30. The second-order valence-corrected chi connectivity index (χ2v) is 5.38. The predicted octanol–water partition coefficient (Wildman–Crippen LogP) is 2.98. The van der Waals surface area contributed by atoms with E-state index in [9.17, 15) is 0 Å². The minimum atomic E-state index is 0.980. The van der Waals surface area contributed by atoms with Crippen molar-refractivity contribution in [3.63, 3.8) is 0 Å². The molecule has 0 saturated heterocycles. The molecule has 0 aromatic heterocycles. The summed E-state index contributed by atoms with van der Waals surface area (Å²) in [5.74, 6) is 2.52. The molecule has 4 rings (SSSR count). The fraction of sp³-hybridized carbons (Fsp3) is 1.00. The van der Waals surface area contributed by atoms with Crippen molar-refractivity contribution in [1.29, 1.82) is 0 Å². The molecule has 0 aromatic rings. The van der Waals surface area contributed by atoms with Gasteiger partial charge in [0.25, 0.3) is 0 Å². The van der Waals surface area contributed by atoms with Crippen LogP contribution in [0, 0.1) is 22.7 Å². The Morgan fingerprint density at radius 2 is 1.73 bits per heavy atom. The van der Waals surface area contributed by atoms with Crippen LogP contribution in [0.4, 0.5) is 0 Å². The van der Waals surface area contributed by atoms with Gasteiger partial charge in [0, 0.05) is 0 Å². The first-order valence-electron chi connectivity index (χ1n) is 5.42. The zero-order chi connectivity index (χ0) is 7.10. The Labute approximate surface area is 68.4 Å². The van der Waals surface area contributed by atoms with Crippen LogP contribution in [0.5, 0.6) is 0 Å². The van der Waals surface area contributed by atoms with E-state index in [0.29, 0.717) is 0 Å². The van der Waals surface area contributed by atoms with Gasteiger partial charge in [-0.2, -0.15) is 0 Å². The van der Waals surface area contributed by atoms with Gasteiger partial charge >= 0.3 is 0 Å². The second-order valence-electron chi connectivity index (χ2n) is 5.38. The van der Waals surface area contributed by atoms with Crippen molar-refractivity contribution >= 4 is 0 Å². The molecule has 0 aliphatic heterocycles. The van der Waals surface area contributed by atoms with Crippen LogP contribution < -0.4 is 0 Å². The maximum absolute atomic E-state index is 1.63. The van der Waals surface area contributed by atoms with Crippen molar-refractivity contribution in [2.75, 3.05) is 0 Å². The fourth-order valence-electron chi connectivity index (χ4n) is 5.32. The standard InChI is InChI=1S/C11H16/c1-2-7-11-8-4-3-6-10(11,5-1)9(8)11/h8-9H,1-7H2/t8-,9+,10-,11-/m1/s1. The van der Waals surface area contributed by atoms with Crippen molar-refractivity contribution in [1.82, 2.24) is 0 Å². The first-order valence-corrected chi connectivity index (χ1v) is 5.42. The van der Waals surface area contributed by atoms with Crippen molar-refractivity contribution < 1.29 is 0 Å². The van der Waals surface area contributed by atoms with E-state index in [1.54, 1.807) is 44.9 Å². The lowest BCUT2D eigenvalue weighted by Gasteiger charge is -2.40. The van der Waals surface area contributed by atoms with Gasteiger partial charge in [0.1, 0.15) is 0 Å². The van der Waals surface area contributed by atoms with Gasteiger partial charge in [0.15, 0.2) is 0 Å². The van der Waals surface area contributed by atoms with Gasteiger partial charge in [-0.15, -0.1) is 0 Å². The Bertz CT molecular complexity index is 212. The van der Waals surface area contributed by atoms with E-state index in [1.807, 2.05) is 0 Å². The summed E-state index contributed by atoms with van der Waals surface area (Å²) in [6.07, 6.45) is 11.2. The van der Waals surface area contributed by atoms with Crippen molar-refractivity contribution in [3.05, 3.63) is 0 Å². The maximum Gasteiger partial charge on any atom is -0.0170 e. The molecule has 11 heavy (non-hydrogen) atoms. The van der Waals surface area contributed by atoms with Crippen LogP contribution in [-0.4, -0.2) is 0 Å². The summed E-state index contributed by atoms with van der Waals surface area (Å²) in [6.45, 7) is 0. The third-order valence-corrected chi connectivity index (χ3v) is 5.55. The molecular formula is C11H16. The van der Waals surface area contributed by atoms with E-state index in [2.05, 4.69) is 0 Å². The van der Waals surface area contributed by atoms with Crippen LogP contribution in [0.15, 0.2) is 0 Å². The fourth-order valence-corrected chi connectivity index (χ4v) is 5.32. The molecule has 0 amide bonds. The summed E-state index contributed by atoms with van der Waals surface area (Å²) < 4.78 is 0. The zero-order valence-electron chi connectivity index (χ0n) is 7.10. The van der Waals surface area contributed by atoms with E-state index in [-0.39, 0.29) is 0 Å². The van der Waals surface area contributed by atoms with Crippen LogP contribution in [0.1, 0.15) is 44.9 Å². The zero-order valence-corrected chi connectivity index (χ0v) is 7.10. The lowest BCUT2D eigenvalue weighted by molar-refractivity contribution is 0.0993. The van der Waals surface area contributed by atoms with Crippen molar-refractivity contribution in [2.24, 2.45) is 22.7 Å². The SMILES string of the molecule is C1CC[C@]23[C@@H]4CCC[C@]2(C1)[C@H]43. The molecule has 0 heteroatoms. The quantitative estimate of drug-likeness (QED) is 0.495. The molecule has 0 heterocycles. The molecule has 0 radical (unpaired) electrons. The van der Waals surface area contributed by atoms with Gasteiger partial charge in [-0.1, -0.05) is 19.3 Å². The number of rotatable bonds is 0. The third kappa shape index (κ3) is 0.346. The van der Waals surface area contributed by atoms with Crippen LogP contribution in [-0.2, 0) is 0 Å². The highest BCUT2D eigenvalue weighted by atomic mass is 15.0. The smallest absolute Gasteiger partial charge is 0.0170 e. The molecule has 60 valence electrons. The molecule has 4 atom stereocenters. The molecule has 0 N–H and O–H groups in total. The number of hydrogen-bond donors (Lipinski definition) is 0. The van der Waals surface area contributed by atoms with Crippen molar-refractivity contribution in [2.45, 2.75) is 44.9 Å². The lowest BCUT2D eigenvalue weighted by Crippen LogP contribution is -2.30. The Balaban J connectivity index is 1.79. The van der Waals surface area contributed by atoms with E-state index in [0.717, 1.165) is 10.8 Å². The minimum absolute atomic E-state index is 0.980. The van der Waals surface area contributed by atoms with Crippen LogP contribution in [0.3, 0.4) is 0 Å². The summed E-state index contributed by atoms with van der Waals surface area (Å²) in [6, 6.07) is 0. The average molecular weight is 148 g/mol. The summed E-state index contributed by atoms with van der Waals surface area (Å²) in [7, 11) is 0. The molecule has 0 bridgehead atoms. The van der Waals surface area contributed by atoms with Crippen LogP contribution >= 0.6 is 0 Å². The summed E-state index contributed by atoms with van der Waals surface area (Å²) >= 11 is 0. The third-order valence-electron chi connectivity index (χ3n) is 5.55. The molecule has 0 unspecified atom stereocenters. The Kier molecular flexibility index (Phi) is 0.661. The highest BCUT2D eigenvalue weighted by molar-refractivity contribution is 5.41. The summed E-state index contributed by atoms with van der Waals surface area (Å²) in [4.78, 5) is 0. The molecule has 4 aliphatic carbocycles.